The highest BCUT2D eigenvalue weighted by Gasteiger charge is 2.31. The number of carbonyl (C=O) groups is 1. The van der Waals surface area contributed by atoms with E-state index in [4.69, 9.17) is 13.6 Å². The molecule has 0 saturated carbocycles. The molecule has 0 bridgehead atoms. The van der Waals surface area contributed by atoms with Crippen LogP contribution in [0.15, 0.2) is 27.2 Å². The van der Waals surface area contributed by atoms with Crippen molar-refractivity contribution in [1.29, 1.82) is 0 Å². The largest absolute Gasteiger partial charge is 0.501 e. The van der Waals surface area contributed by atoms with Gasteiger partial charge in [-0.05, 0) is 19.1 Å². The molecule has 0 aliphatic heterocycles. The van der Waals surface area contributed by atoms with Crippen LogP contribution in [0, 0.1) is 0 Å². The summed E-state index contributed by atoms with van der Waals surface area (Å²) in [5.74, 6) is -2.09. The van der Waals surface area contributed by atoms with Gasteiger partial charge in [0.05, 0.1) is 12.0 Å². The summed E-state index contributed by atoms with van der Waals surface area (Å²) in [5, 5.41) is 10.2. The number of ether oxygens (including phenoxy) is 1. The Hall–Kier alpha value is -2.42. The van der Waals surface area contributed by atoms with Gasteiger partial charge in [-0.2, -0.15) is 0 Å². The average Bonchev–Trinajstić information content (AvgIpc) is 3.07. The van der Waals surface area contributed by atoms with E-state index in [0.717, 1.165) is 11.2 Å². The number of hydrogen-bond donors (Lipinski definition) is 1. The van der Waals surface area contributed by atoms with Crippen LogP contribution in [-0.4, -0.2) is 32.3 Å². The van der Waals surface area contributed by atoms with Gasteiger partial charge in [0.2, 0.25) is 27.3 Å². The standard InChI is InChI=1S/C13H15NO7S/c1-4-22(17,18)14(3)13-12(20-8(2)15)10(16)11(21-13)9-6-5-7-19-9/h5-7,16H,4H2,1-3H3. The molecule has 0 fully saturated rings. The number of carbonyl (C=O) groups excluding carboxylic acids is 1. The van der Waals surface area contributed by atoms with Crippen molar-refractivity contribution in [1.82, 2.24) is 0 Å². The maximum Gasteiger partial charge on any atom is 0.308 e. The summed E-state index contributed by atoms with van der Waals surface area (Å²) in [5.41, 5.74) is 0. The fourth-order valence-electron chi connectivity index (χ4n) is 1.73. The molecule has 2 aromatic heterocycles. The molecule has 0 unspecified atom stereocenters. The Kier molecular flexibility index (Phi) is 4.18. The van der Waals surface area contributed by atoms with Crippen molar-refractivity contribution >= 4 is 21.9 Å². The van der Waals surface area contributed by atoms with E-state index in [1.807, 2.05) is 0 Å². The van der Waals surface area contributed by atoms with Gasteiger partial charge in [0, 0.05) is 14.0 Å². The minimum absolute atomic E-state index is 0.130. The van der Waals surface area contributed by atoms with Crippen LogP contribution in [0.1, 0.15) is 13.8 Å². The molecule has 0 spiro atoms. The Morgan fingerprint density at radius 3 is 2.64 bits per heavy atom. The van der Waals surface area contributed by atoms with Crippen molar-refractivity contribution < 1.29 is 31.9 Å². The number of aromatic hydroxyl groups is 1. The van der Waals surface area contributed by atoms with E-state index < -0.39 is 21.7 Å². The number of esters is 1. The predicted octanol–water partition coefficient (Wildman–Crippen LogP) is 1.96. The summed E-state index contributed by atoms with van der Waals surface area (Å²) in [4.78, 5) is 11.2. The van der Waals surface area contributed by atoms with Gasteiger partial charge in [-0.15, -0.1) is 0 Å². The van der Waals surface area contributed by atoms with Crippen molar-refractivity contribution in [2.24, 2.45) is 0 Å². The quantitative estimate of drug-likeness (QED) is 0.835. The van der Waals surface area contributed by atoms with Crippen LogP contribution in [0.2, 0.25) is 0 Å². The molecule has 0 saturated heterocycles. The van der Waals surface area contributed by atoms with E-state index in [9.17, 15) is 18.3 Å². The van der Waals surface area contributed by atoms with Crippen molar-refractivity contribution in [3.63, 3.8) is 0 Å². The minimum atomic E-state index is -3.68. The number of hydrogen-bond acceptors (Lipinski definition) is 7. The zero-order valence-electron chi connectivity index (χ0n) is 12.2. The number of sulfonamides is 1. The molecule has 0 atom stereocenters. The molecule has 120 valence electrons. The first-order chi connectivity index (χ1) is 10.3. The highest BCUT2D eigenvalue weighted by atomic mass is 32.2. The first kappa shape index (κ1) is 16.0. The first-order valence-corrected chi connectivity index (χ1v) is 7.93. The summed E-state index contributed by atoms with van der Waals surface area (Å²) in [6.07, 6.45) is 1.36. The Morgan fingerprint density at radius 1 is 1.45 bits per heavy atom. The van der Waals surface area contributed by atoms with E-state index >= 15 is 0 Å². The number of furan rings is 2. The molecule has 2 heterocycles. The van der Waals surface area contributed by atoms with E-state index in [1.165, 1.54) is 26.3 Å². The number of nitrogens with zero attached hydrogens (tertiary/aromatic N) is 1. The summed E-state index contributed by atoms with van der Waals surface area (Å²) < 4.78 is 40.1. The van der Waals surface area contributed by atoms with Crippen molar-refractivity contribution in [2.45, 2.75) is 13.8 Å². The van der Waals surface area contributed by atoms with Crippen LogP contribution in [0.4, 0.5) is 5.88 Å². The summed E-state index contributed by atoms with van der Waals surface area (Å²) in [6, 6.07) is 3.07. The molecule has 0 aliphatic rings. The lowest BCUT2D eigenvalue weighted by Gasteiger charge is -2.16. The monoisotopic (exact) mass is 329 g/mol. The van der Waals surface area contributed by atoms with E-state index in [1.54, 1.807) is 6.07 Å². The first-order valence-electron chi connectivity index (χ1n) is 6.32. The smallest absolute Gasteiger partial charge is 0.308 e. The van der Waals surface area contributed by atoms with E-state index in [2.05, 4.69) is 0 Å². The van der Waals surface area contributed by atoms with Gasteiger partial charge in [0.15, 0.2) is 5.76 Å². The molecule has 2 rings (SSSR count). The number of anilines is 1. The van der Waals surface area contributed by atoms with E-state index in [-0.39, 0.29) is 28.9 Å². The third-order valence-electron chi connectivity index (χ3n) is 2.88. The molecule has 8 nitrogen and oxygen atoms in total. The fourth-order valence-corrected chi connectivity index (χ4v) is 2.49. The molecule has 0 amide bonds. The second-order valence-electron chi connectivity index (χ2n) is 4.35. The van der Waals surface area contributed by atoms with Gasteiger partial charge >= 0.3 is 5.97 Å². The maximum atomic E-state index is 12.0. The molecule has 0 aromatic carbocycles. The highest BCUT2D eigenvalue weighted by Crippen LogP contribution is 2.48. The Balaban J connectivity index is 2.62. The van der Waals surface area contributed by atoms with Crippen molar-refractivity contribution in [2.75, 3.05) is 17.1 Å². The zero-order valence-corrected chi connectivity index (χ0v) is 13.0. The van der Waals surface area contributed by atoms with Gasteiger partial charge in [0.25, 0.3) is 5.88 Å². The van der Waals surface area contributed by atoms with Gasteiger partial charge < -0.3 is 18.7 Å². The fraction of sp³-hybridized carbons (Fsp3) is 0.308. The summed E-state index contributed by atoms with van der Waals surface area (Å²) in [6.45, 7) is 2.57. The normalized spacial score (nSPS) is 11.4. The highest BCUT2D eigenvalue weighted by molar-refractivity contribution is 7.92. The second kappa shape index (κ2) is 5.76. The summed E-state index contributed by atoms with van der Waals surface area (Å²) >= 11 is 0. The molecular weight excluding hydrogens is 314 g/mol. The predicted molar refractivity (Wildman–Crippen MR) is 77.2 cm³/mol. The van der Waals surface area contributed by atoms with Crippen LogP contribution in [0.3, 0.4) is 0 Å². The van der Waals surface area contributed by atoms with Crippen LogP contribution >= 0.6 is 0 Å². The topological polar surface area (TPSA) is 110 Å². The van der Waals surface area contributed by atoms with Gasteiger partial charge in [-0.1, -0.05) is 0 Å². The number of rotatable bonds is 5. The third kappa shape index (κ3) is 2.80. The molecule has 0 radical (unpaired) electrons. The second-order valence-corrected chi connectivity index (χ2v) is 6.64. The lowest BCUT2D eigenvalue weighted by atomic mass is 10.3. The molecule has 0 aliphatic carbocycles. The van der Waals surface area contributed by atoms with Crippen LogP contribution in [0.5, 0.6) is 11.5 Å². The minimum Gasteiger partial charge on any atom is -0.501 e. The van der Waals surface area contributed by atoms with Gasteiger partial charge in [-0.25, -0.2) is 12.7 Å². The average molecular weight is 329 g/mol. The van der Waals surface area contributed by atoms with Crippen LogP contribution < -0.4 is 9.04 Å². The Morgan fingerprint density at radius 2 is 2.14 bits per heavy atom. The lowest BCUT2D eigenvalue weighted by molar-refractivity contribution is -0.132. The van der Waals surface area contributed by atoms with E-state index in [0.29, 0.717) is 0 Å². The molecule has 22 heavy (non-hydrogen) atoms. The van der Waals surface area contributed by atoms with Gasteiger partial charge in [0.1, 0.15) is 0 Å². The zero-order chi connectivity index (χ0) is 16.5. The van der Waals surface area contributed by atoms with Crippen LogP contribution in [0.25, 0.3) is 11.5 Å². The molecular formula is C13H15NO7S. The SMILES string of the molecule is CCS(=O)(=O)N(C)c1oc(-c2ccco2)c(O)c1OC(C)=O. The van der Waals surface area contributed by atoms with Crippen LogP contribution in [-0.2, 0) is 14.8 Å². The summed E-state index contributed by atoms with van der Waals surface area (Å²) in [7, 11) is -2.44. The third-order valence-corrected chi connectivity index (χ3v) is 4.61. The lowest BCUT2D eigenvalue weighted by Crippen LogP contribution is -2.28. The maximum absolute atomic E-state index is 12.0. The molecule has 9 heteroatoms. The van der Waals surface area contributed by atoms with Crippen molar-refractivity contribution in [3.8, 4) is 23.0 Å². The Bertz CT molecular complexity index is 774. The van der Waals surface area contributed by atoms with Gasteiger partial charge in [-0.3, -0.25) is 4.79 Å². The van der Waals surface area contributed by atoms with Crippen molar-refractivity contribution in [3.05, 3.63) is 18.4 Å². The molecule has 1 N–H and O–H groups in total. The Labute approximate surface area is 126 Å². The molecule has 2 aromatic rings.